The maximum Gasteiger partial charge on any atom is 0.417 e. The van der Waals surface area contributed by atoms with E-state index in [4.69, 9.17) is 5.11 Å². The first-order valence-electron chi connectivity index (χ1n) is 5.64. The molecule has 1 aliphatic rings. The molecule has 2 heterocycles. The van der Waals surface area contributed by atoms with Crippen LogP contribution >= 0.6 is 0 Å². The summed E-state index contributed by atoms with van der Waals surface area (Å²) in [5.41, 5.74) is -0.796. The molecule has 2 N–H and O–H groups in total. The van der Waals surface area contributed by atoms with Gasteiger partial charge in [-0.1, -0.05) is 0 Å². The van der Waals surface area contributed by atoms with Crippen LogP contribution in [0.1, 0.15) is 12.0 Å². The second-order valence-corrected chi connectivity index (χ2v) is 4.28. The van der Waals surface area contributed by atoms with Crippen LogP contribution in [-0.2, 0) is 6.18 Å². The molecule has 19 heavy (non-hydrogen) atoms. The highest BCUT2D eigenvalue weighted by Crippen LogP contribution is 2.29. The molecule has 0 aliphatic carbocycles. The molecule has 0 unspecified atom stereocenters. The van der Waals surface area contributed by atoms with Crippen molar-refractivity contribution in [3.63, 3.8) is 0 Å². The Kier molecular flexibility index (Phi) is 3.50. The smallest absolute Gasteiger partial charge is 0.417 e. The maximum absolute atomic E-state index is 12.4. The van der Waals surface area contributed by atoms with Gasteiger partial charge < -0.3 is 15.3 Å². The number of pyridine rings is 1. The van der Waals surface area contributed by atoms with Gasteiger partial charge in [0.25, 0.3) is 0 Å². The lowest BCUT2D eigenvalue weighted by Gasteiger charge is -2.18. The van der Waals surface area contributed by atoms with Crippen LogP contribution in [0.3, 0.4) is 0 Å². The van der Waals surface area contributed by atoms with Crippen LogP contribution in [0.25, 0.3) is 0 Å². The number of hydrogen-bond acceptors (Lipinski definition) is 3. The molecule has 0 aromatic carbocycles. The fourth-order valence-corrected chi connectivity index (χ4v) is 2.00. The summed E-state index contributed by atoms with van der Waals surface area (Å²) in [6.45, 7) is 0.966. The standard InChI is InChI=1S/C11H12F3N3O2/c12-11(13,14)7-1-2-9(15-5-7)17-4-3-8(6-17)16-10(18)19/h1-2,5,8,16H,3-4,6H2,(H,18,19)/t8-/m1/s1. The summed E-state index contributed by atoms with van der Waals surface area (Å²) < 4.78 is 37.1. The van der Waals surface area contributed by atoms with E-state index in [1.165, 1.54) is 6.07 Å². The van der Waals surface area contributed by atoms with Gasteiger partial charge in [0, 0.05) is 19.3 Å². The minimum Gasteiger partial charge on any atom is -0.465 e. The fraction of sp³-hybridized carbons (Fsp3) is 0.455. The Morgan fingerprint density at radius 3 is 2.74 bits per heavy atom. The predicted molar refractivity (Wildman–Crippen MR) is 61.0 cm³/mol. The number of nitrogens with one attached hydrogen (secondary N) is 1. The molecule has 8 heteroatoms. The van der Waals surface area contributed by atoms with Gasteiger partial charge in [0.2, 0.25) is 0 Å². The first-order chi connectivity index (χ1) is 8.86. The van der Waals surface area contributed by atoms with Crippen LogP contribution in [0.2, 0.25) is 0 Å². The zero-order valence-corrected chi connectivity index (χ0v) is 9.81. The van der Waals surface area contributed by atoms with Crippen molar-refractivity contribution in [1.82, 2.24) is 10.3 Å². The highest BCUT2D eigenvalue weighted by Gasteiger charge is 2.31. The number of amides is 1. The highest BCUT2D eigenvalue weighted by atomic mass is 19.4. The number of aromatic nitrogens is 1. The van der Waals surface area contributed by atoms with Gasteiger partial charge in [-0.25, -0.2) is 9.78 Å². The molecule has 1 aromatic rings. The number of halogens is 3. The van der Waals surface area contributed by atoms with E-state index in [0.29, 0.717) is 25.3 Å². The van der Waals surface area contributed by atoms with E-state index < -0.39 is 17.8 Å². The first-order valence-corrected chi connectivity index (χ1v) is 5.64. The summed E-state index contributed by atoms with van der Waals surface area (Å²) in [6, 6.07) is 2.05. The molecule has 0 bridgehead atoms. The van der Waals surface area contributed by atoms with Crippen molar-refractivity contribution in [3.05, 3.63) is 23.9 Å². The number of anilines is 1. The zero-order valence-electron chi connectivity index (χ0n) is 9.81. The SMILES string of the molecule is O=C(O)N[C@@H]1CCN(c2ccc(C(F)(F)F)cn2)C1. The number of nitrogens with zero attached hydrogens (tertiary/aromatic N) is 2. The Balaban J connectivity index is 2.02. The molecule has 1 amide bonds. The van der Waals surface area contributed by atoms with Crippen LogP contribution in [0.5, 0.6) is 0 Å². The molecule has 1 saturated heterocycles. The first kappa shape index (κ1) is 13.4. The summed E-state index contributed by atoms with van der Waals surface area (Å²) in [6.07, 6.45) is -4.11. The molecule has 5 nitrogen and oxygen atoms in total. The van der Waals surface area contributed by atoms with Gasteiger partial charge >= 0.3 is 12.3 Å². The maximum atomic E-state index is 12.4. The fourth-order valence-electron chi connectivity index (χ4n) is 2.00. The van der Waals surface area contributed by atoms with E-state index in [1.807, 2.05) is 0 Å². The van der Waals surface area contributed by atoms with Crippen LogP contribution in [0.15, 0.2) is 18.3 Å². The minimum absolute atomic E-state index is 0.221. The summed E-state index contributed by atoms with van der Waals surface area (Å²) in [4.78, 5) is 16.0. The molecule has 1 atom stereocenters. The summed E-state index contributed by atoms with van der Waals surface area (Å²) in [5.74, 6) is 0.419. The van der Waals surface area contributed by atoms with E-state index >= 15 is 0 Å². The Morgan fingerprint density at radius 2 is 2.21 bits per heavy atom. The van der Waals surface area contributed by atoms with Crippen LogP contribution in [0.4, 0.5) is 23.8 Å². The lowest BCUT2D eigenvalue weighted by Crippen LogP contribution is -2.36. The molecule has 0 spiro atoms. The highest BCUT2D eigenvalue weighted by molar-refractivity contribution is 5.65. The minimum atomic E-state index is -4.40. The third-order valence-corrected chi connectivity index (χ3v) is 2.92. The van der Waals surface area contributed by atoms with Crippen molar-refractivity contribution in [1.29, 1.82) is 0 Å². The van der Waals surface area contributed by atoms with Crippen molar-refractivity contribution in [3.8, 4) is 0 Å². The molecule has 2 rings (SSSR count). The quantitative estimate of drug-likeness (QED) is 0.865. The third-order valence-electron chi connectivity index (χ3n) is 2.92. The van der Waals surface area contributed by atoms with E-state index in [-0.39, 0.29) is 6.04 Å². The lowest BCUT2D eigenvalue weighted by atomic mass is 10.2. The second kappa shape index (κ2) is 4.94. The second-order valence-electron chi connectivity index (χ2n) is 4.28. The molecular weight excluding hydrogens is 263 g/mol. The van der Waals surface area contributed by atoms with E-state index in [0.717, 1.165) is 12.3 Å². The summed E-state index contributed by atoms with van der Waals surface area (Å²) in [5, 5.41) is 10.9. The van der Waals surface area contributed by atoms with Gasteiger partial charge in [-0.15, -0.1) is 0 Å². The molecular formula is C11H12F3N3O2. The Labute approximate surface area is 107 Å². The monoisotopic (exact) mass is 275 g/mol. The van der Waals surface area contributed by atoms with Crippen molar-refractivity contribution in [2.24, 2.45) is 0 Å². The van der Waals surface area contributed by atoms with Gasteiger partial charge in [0.15, 0.2) is 0 Å². The predicted octanol–water partition coefficient (Wildman–Crippen LogP) is 1.95. The molecule has 104 valence electrons. The molecule has 0 saturated carbocycles. The van der Waals surface area contributed by atoms with Gasteiger partial charge in [0.05, 0.1) is 11.6 Å². The van der Waals surface area contributed by atoms with Gasteiger partial charge in [0.1, 0.15) is 5.82 Å². The summed E-state index contributed by atoms with van der Waals surface area (Å²) >= 11 is 0. The average molecular weight is 275 g/mol. The number of carbonyl (C=O) groups is 1. The van der Waals surface area contributed by atoms with Gasteiger partial charge in [-0.2, -0.15) is 13.2 Å². The zero-order chi connectivity index (χ0) is 14.0. The largest absolute Gasteiger partial charge is 0.465 e. The molecule has 1 fully saturated rings. The van der Waals surface area contributed by atoms with Gasteiger partial charge in [-0.3, -0.25) is 0 Å². The topological polar surface area (TPSA) is 65.5 Å². The summed E-state index contributed by atoms with van der Waals surface area (Å²) in [7, 11) is 0. The van der Waals surface area contributed by atoms with E-state index in [9.17, 15) is 18.0 Å². The number of hydrogen-bond donors (Lipinski definition) is 2. The molecule has 1 aliphatic heterocycles. The van der Waals surface area contributed by atoms with E-state index in [1.54, 1.807) is 4.90 Å². The average Bonchev–Trinajstić information content (AvgIpc) is 2.75. The lowest BCUT2D eigenvalue weighted by molar-refractivity contribution is -0.137. The number of alkyl halides is 3. The Hall–Kier alpha value is -1.99. The van der Waals surface area contributed by atoms with Crippen molar-refractivity contribution >= 4 is 11.9 Å². The van der Waals surface area contributed by atoms with Crippen LogP contribution in [0, 0.1) is 0 Å². The number of rotatable bonds is 2. The number of carboxylic acid groups (broad SMARTS) is 1. The van der Waals surface area contributed by atoms with Crippen LogP contribution in [-0.4, -0.2) is 35.3 Å². The van der Waals surface area contributed by atoms with E-state index in [2.05, 4.69) is 10.3 Å². The third kappa shape index (κ3) is 3.27. The Morgan fingerprint density at radius 1 is 1.47 bits per heavy atom. The Bertz CT molecular complexity index is 461. The van der Waals surface area contributed by atoms with Crippen molar-refractivity contribution in [2.45, 2.75) is 18.6 Å². The van der Waals surface area contributed by atoms with Gasteiger partial charge in [-0.05, 0) is 18.6 Å². The van der Waals surface area contributed by atoms with Crippen molar-refractivity contribution < 1.29 is 23.1 Å². The normalized spacial score (nSPS) is 19.5. The van der Waals surface area contributed by atoms with Crippen molar-refractivity contribution in [2.75, 3.05) is 18.0 Å². The molecule has 0 radical (unpaired) electrons. The van der Waals surface area contributed by atoms with Crippen LogP contribution < -0.4 is 10.2 Å². The molecule has 1 aromatic heterocycles.